The summed E-state index contributed by atoms with van der Waals surface area (Å²) in [4.78, 5) is 0. The van der Waals surface area contributed by atoms with Crippen molar-refractivity contribution in [2.75, 3.05) is 11.5 Å². The molecule has 0 saturated carbocycles. The van der Waals surface area contributed by atoms with E-state index in [0.29, 0.717) is 11.3 Å². The van der Waals surface area contributed by atoms with E-state index in [9.17, 15) is 0 Å². The summed E-state index contributed by atoms with van der Waals surface area (Å²) in [6, 6.07) is 1.85. The van der Waals surface area contributed by atoms with Crippen LogP contribution in [0.25, 0.3) is 0 Å². The molecule has 0 amide bonds. The van der Waals surface area contributed by atoms with Gasteiger partial charge in [0.1, 0.15) is 0 Å². The van der Waals surface area contributed by atoms with Gasteiger partial charge in [0.15, 0.2) is 0 Å². The van der Waals surface area contributed by atoms with Crippen LogP contribution in [0, 0.1) is 0 Å². The van der Waals surface area contributed by atoms with E-state index in [1.807, 2.05) is 12.0 Å². The van der Waals surface area contributed by atoms with Crippen LogP contribution in [0.5, 0.6) is 0 Å². The van der Waals surface area contributed by atoms with Crippen LogP contribution < -0.4 is 11.5 Å². The van der Waals surface area contributed by atoms with E-state index in [1.165, 1.54) is 0 Å². The van der Waals surface area contributed by atoms with Crippen molar-refractivity contribution in [3.63, 3.8) is 0 Å². The van der Waals surface area contributed by atoms with Crippen molar-refractivity contribution in [2.24, 2.45) is 0 Å². The average Bonchev–Trinajstić information content (AvgIpc) is 1.83. The minimum absolute atomic E-state index is 0.609. The van der Waals surface area contributed by atoms with Crippen LogP contribution in [0.1, 0.15) is 0 Å². The molecule has 1 aromatic rings. The van der Waals surface area contributed by atoms with Crippen LogP contribution >= 0.6 is 15.9 Å². The van der Waals surface area contributed by atoms with Gasteiger partial charge in [-0.2, -0.15) is 0 Å². The molecule has 1 heterocycles. The number of anilines is 2. The first-order chi connectivity index (χ1) is 4.22. The Morgan fingerprint density at radius 2 is 2.11 bits per heavy atom. The third-order valence-electron chi connectivity index (χ3n) is 1.09. The molecule has 46 valence electrons. The zero-order chi connectivity index (χ0) is 6.85. The van der Waals surface area contributed by atoms with Gasteiger partial charge in [0.25, 0.3) is 0 Å². The van der Waals surface area contributed by atoms with Crippen LogP contribution in [-0.2, 0) is 0 Å². The van der Waals surface area contributed by atoms with Gasteiger partial charge in [-0.3, -0.25) is 0 Å². The molecule has 0 spiro atoms. The van der Waals surface area contributed by atoms with E-state index in [4.69, 9.17) is 11.5 Å². The Morgan fingerprint density at radius 3 is 2.56 bits per heavy atom. The fourth-order valence-electron chi connectivity index (χ4n) is 0.554. The van der Waals surface area contributed by atoms with Gasteiger partial charge in [-0.05, 0) is 0 Å². The molecular formula is C5H6BBrN2. The van der Waals surface area contributed by atoms with Gasteiger partial charge in [0, 0.05) is 0 Å². The molecule has 1 aromatic heterocycles. The van der Waals surface area contributed by atoms with E-state index in [1.54, 1.807) is 6.91 Å². The minimum atomic E-state index is 0.609. The van der Waals surface area contributed by atoms with E-state index < -0.39 is 0 Å². The van der Waals surface area contributed by atoms with Gasteiger partial charge >= 0.3 is 62.1 Å². The Bertz CT molecular complexity index is 206. The topological polar surface area (TPSA) is 52.0 Å². The first-order valence-corrected chi connectivity index (χ1v) is 3.30. The zero-order valence-electron chi connectivity index (χ0n) is 4.76. The second kappa shape index (κ2) is 2.39. The zero-order valence-corrected chi connectivity index (χ0v) is 6.35. The van der Waals surface area contributed by atoms with Crippen LogP contribution in [0.2, 0.25) is 0 Å². The van der Waals surface area contributed by atoms with Crippen molar-refractivity contribution >= 4 is 34.1 Å². The Morgan fingerprint density at radius 1 is 1.44 bits per heavy atom. The molecule has 0 atom stereocenters. The van der Waals surface area contributed by atoms with Crippen LogP contribution in [0.15, 0.2) is 16.5 Å². The van der Waals surface area contributed by atoms with Crippen molar-refractivity contribution in [1.29, 1.82) is 0 Å². The molecule has 0 radical (unpaired) electrons. The Hall–Kier alpha value is -0.505. The number of hydrogen-bond donors (Lipinski definition) is 2. The molecule has 4 heteroatoms. The number of nitrogens with two attached hydrogens (primary N) is 2. The molecule has 2 nitrogen and oxygen atoms in total. The maximum atomic E-state index is 5.51. The molecule has 0 aliphatic rings. The first kappa shape index (κ1) is 6.61. The van der Waals surface area contributed by atoms with E-state index in [2.05, 4.69) is 15.9 Å². The van der Waals surface area contributed by atoms with E-state index in [0.717, 1.165) is 4.47 Å². The summed E-state index contributed by atoms with van der Waals surface area (Å²) in [5.41, 5.74) is 12.2. The van der Waals surface area contributed by atoms with Crippen molar-refractivity contribution in [1.82, 2.24) is 0 Å². The van der Waals surface area contributed by atoms with Gasteiger partial charge in [-0.25, -0.2) is 0 Å². The van der Waals surface area contributed by atoms with Crippen molar-refractivity contribution in [2.45, 2.75) is 0 Å². The van der Waals surface area contributed by atoms with Gasteiger partial charge in [0.2, 0.25) is 0 Å². The molecule has 9 heavy (non-hydrogen) atoms. The average molecular weight is 185 g/mol. The van der Waals surface area contributed by atoms with Gasteiger partial charge < -0.3 is 0 Å². The molecule has 0 aliphatic carbocycles. The fourth-order valence-corrected chi connectivity index (χ4v) is 0.935. The molecule has 0 aliphatic heterocycles. The third kappa shape index (κ3) is 1.24. The van der Waals surface area contributed by atoms with Crippen molar-refractivity contribution < 1.29 is 0 Å². The molecular weight excluding hydrogens is 179 g/mol. The van der Waals surface area contributed by atoms with Crippen LogP contribution in [0.3, 0.4) is 0 Å². The van der Waals surface area contributed by atoms with Crippen molar-refractivity contribution in [3.8, 4) is 0 Å². The molecule has 4 N–H and O–H groups in total. The number of halogens is 1. The summed E-state index contributed by atoms with van der Waals surface area (Å²) in [6.45, 7) is 1.76. The van der Waals surface area contributed by atoms with Gasteiger partial charge in [-0.1, -0.05) is 0 Å². The monoisotopic (exact) mass is 184 g/mol. The number of rotatable bonds is 0. The number of nitrogen functional groups attached to an aromatic ring is 2. The predicted molar refractivity (Wildman–Crippen MR) is 44.3 cm³/mol. The molecule has 0 fully saturated rings. The predicted octanol–water partition coefficient (Wildman–Crippen LogP) is 0.952. The summed E-state index contributed by atoms with van der Waals surface area (Å²) in [6.07, 6.45) is 0. The summed E-state index contributed by atoms with van der Waals surface area (Å²) in [5.74, 6) is 1.84. The van der Waals surface area contributed by atoms with E-state index in [-0.39, 0.29) is 0 Å². The second-order valence-electron chi connectivity index (χ2n) is 1.74. The fraction of sp³-hybridized carbons (Fsp3) is 0. The summed E-state index contributed by atoms with van der Waals surface area (Å²) in [7, 11) is 0. The van der Waals surface area contributed by atoms with Gasteiger partial charge in [0.05, 0.1) is 0 Å². The Kier molecular flexibility index (Phi) is 1.76. The molecule has 0 aromatic carbocycles. The van der Waals surface area contributed by atoms with Crippen LogP contribution in [0.4, 0.5) is 11.3 Å². The van der Waals surface area contributed by atoms with E-state index >= 15 is 0 Å². The van der Waals surface area contributed by atoms with Gasteiger partial charge in [-0.15, -0.1) is 0 Å². The maximum absolute atomic E-state index is 5.51. The summed E-state index contributed by atoms with van der Waals surface area (Å²) < 4.78 is 0.850. The number of hydrogen-bond acceptors (Lipinski definition) is 2. The molecule has 0 unspecified atom stereocenters. The molecule has 1 rings (SSSR count). The summed E-state index contributed by atoms with van der Waals surface area (Å²) in [5, 5.41) is 0. The molecule has 0 bridgehead atoms. The second-order valence-corrected chi connectivity index (χ2v) is 2.60. The Labute approximate surface area is 62.6 Å². The quantitative estimate of drug-likeness (QED) is 0.631. The third-order valence-corrected chi connectivity index (χ3v) is 1.78. The Balaban J connectivity index is 3.25. The standard InChI is InChI=1S/C5H6BBrN2/c7-3-1-2-6-5(9)4(3)8/h1-2H,8-9H2. The SMILES string of the molecule is Nc1bccc(Br)c1N. The normalized spacial score (nSPS) is 9.00. The first-order valence-electron chi connectivity index (χ1n) is 2.51. The summed E-state index contributed by atoms with van der Waals surface area (Å²) >= 11 is 3.24. The molecule has 0 saturated heterocycles. The van der Waals surface area contributed by atoms with Crippen molar-refractivity contribution in [3.05, 3.63) is 16.5 Å². The van der Waals surface area contributed by atoms with Crippen LogP contribution in [-0.4, -0.2) is 6.91 Å².